The smallest absolute Gasteiger partial charge is 0.218 e. The molecule has 0 aliphatic carbocycles. The molecular formula is C14H22N2O2S. The van der Waals surface area contributed by atoms with Crippen LogP contribution in [0.2, 0.25) is 0 Å². The molecule has 1 atom stereocenters. The molecule has 0 spiro atoms. The van der Waals surface area contributed by atoms with Gasteiger partial charge in [-0.2, -0.15) is 4.31 Å². The minimum absolute atomic E-state index is 0.0954. The van der Waals surface area contributed by atoms with Crippen molar-refractivity contribution in [3.05, 3.63) is 35.9 Å². The molecule has 1 aliphatic heterocycles. The number of nitrogens with zero attached hydrogens (tertiary/aromatic N) is 1. The molecule has 0 amide bonds. The van der Waals surface area contributed by atoms with Gasteiger partial charge in [-0.1, -0.05) is 37.3 Å². The summed E-state index contributed by atoms with van der Waals surface area (Å²) in [5.41, 5.74) is 0.852. The third-order valence-electron chi connectivity index (χ3n) is 3.54. The molecule has 1 N–H and O–H groups in total. The van der Waals surface area contributed by atoms with Crippen LogP contribution in [0.5, 0.6) is 0 Å². The molecule has 1 aliphatic rings. The van der Waals surface area contributed by atoms with Crippen LogP contribution in [0.25, 0.3) is 0 Å². The summed E-state index contributed by atoms with van der Waals surface area (Å²) in [6, 6.07) is 9.49. The van der Waals surface area contributed by atoms with Gasteiger partial charge in [0.2, 0.25) is 10.0 Å². The Hall–Kier alpha value is -0.910. The second-order valence-corrected chi connectivity index (χ2v) is 6.87. The van der Waals surface area contributed by atoms with Gasteiger partial charge in [0, 0.05) is 19.1 Å². The minimum Gasteiger partial charge on any atom is -0.315 e. The van der Waals surface area contributed by atoms with E-state index in [9.17, 15) is 8.42 Å². The Bertz CT molecular complexity index is 481. The van der Waals surface area contributed by atoms with Crippen LogP contribution in [-0.2, 0) is 15.8 Å². The molecule has 1 aromatic carbocycles. The van der Waals surface area contributed by atoms with Gasteiger partial charge in [0.05, 0.1) is 5.75 Å². The number of piperidine rings is 1. The molecule has 0 saturated carbocycles. The molecule has 2 rings (SSSR count). The van der Waals surface area contributed by atoms with E-state index in [1.165, 1.54) is 0 Å². The van der Waals surface area contributed by atoms with Gasteiger partial charge in [0.15, 0.2) is 0 Å². The van der Waals surface area contributed by atoms with E-state index in [1.807, 2.05) is 37.3 Å². The fourth-order valence-electron chi connectivity index (χ4n) is 2.63. The summed E-state index contributed by atoms with van der Waals surface area (Å²) < 4.78 is 26.7. The molecule has 1 aromatic rings. The maximum Gasteiger partial charge on any atom is 0.218 e. The SMILES string of the molecule is CCN(C1CCCNC1)S(=O)(=O)Cc1ccccc1. The molecule has 4 nitrogen and oxygen atoms in total. The summed E-state index contributed by atoms with van der Waals surface area (Å²) in [5.74, 6) is 0.0954. The second-order valence-electron chi connectivity index (χ2n) is 4.95. The maximum atomic E-state index is 12.5. The van der Waals surface area contributed by atoms with Gasteiger partial charge in [-0.25, -0.2) is 8.42 Å². The number of benzene rings is 1. The number of hydrogen-bond donors (Lipinski definition) is 1. The van der Waals surface area contributed by atoms with Crippen molar-refractivity contribution in [2.24, 2.45) is 0 Å². The third kappa shape index (κ3) is 3.78. The first-order valence-corrected chi connectivity index (χ1v) is 8.48. The Morgan fingerprint density at radius 3 is 2.63 bits per heavy atom. The highest BCUT2D eigenvalue weighted by atomic mass is 32.2. The van der Waals surface area contributed by atoms with Crippen LogP contribution in [0.3, 0.4) is 0 Å². The molecule has 0 radical (unpaired) electrons. The summed E-state index contributed by atoms with van der Waals surface area (Å²) in [4.78, 5) is 0. The monoisotopic (exact) mass is 282 g/mol. The lowest BCUT2D eigenvalue weighted by Crippen LogP contribution is -2.48. The van der Waals surface area contributed by atoms with Crippen molar-refractivity contribution in [2.45, 2.75) is 31.6 Å². The minimum atomic E-state index is -3.23. The molecule has 1 saturated heterocycles. The van der Waals surface area contributed by atoms with Gasteiger partial charge < -0.3 is 5.32 Å². The van der Waals surface area contributed by atoms with Gasteiger partial charge in [-0.15, -0.1) is 0 Å². The van der Waals surface area contributed by atoms with Crippen molar-refractivity contribution < 1.29 is 8.42 Å². The average Bonchev–Trinajstić information content (AvgIpc) is 2.41. The summed E-state index contributed by atoms with van der Waals surface area (Å²) in [6.07, 6.45) is 2.00. The van der Waals surface area contributed by atoms with E-state index in [1.54, 1.807) is 4.31 Å². The summed E-state index contributed by atoms with van der Waals surface area (Å²) in [6.45, 7) is 4.22. The summed E-state index contributed by atoms with van der Waals surface area (Å²) in [5, 5.41) is 3.28. The van der Waals surface area contributed by atoms with Gasteiger partial charge in [-0.3, -0.25) is 0 Å². The predicted molar refractivity (Wildman–Crippen MR) is 77.3 cm³/mol. The highest BCUT2D eigenvalue weighted by Crippen LogP contribution is 2.18. The number of nitrogens with one attached hydrogen (secondary N) is 1. The average molecular weight is 282 g/mol. The van der Waals surface area contributed by atoms with E-state index in [2.05, 4.69) is 5.32 Å². The Morgan fingerprint density at radius 1 is 1.32 bits per heavy atom. The molecule has 5 heteroatoms. The first-order chi connectivity index (χ1) is 9.13. The number of sulfonamides is 1. The molecule has 106 valence electrons. The van der Waals surface area contributed by atoms with E-state index < -0.39 is 10.0 Å². The number of likely N-dealkylation sites (N-methyl/N-ethyl adjacent to an activating group) is 1. The lowest BCUT2D eigenvalue weighted by Gasteiger charge is -2.33. The lowest BCUT2D eigenvalue weighted by atomic mass is 10.1. The fraction of sp³-hybridized carbons (Fsp3) is 0.571. The molecule has 19 heavy (non-hydrogen) atoms. The zero-order chi connectivity index (χ0) is 13.7. The van der Waals surface area contributed by atoms with Gasteiger partial charge in [0.1, 0.15) is 0 Å². The molecular weight excluding hydrogens is 260 g/mol. The van der Waals surface area contributed by atoms with Crippen LogP contribution in [0.4, 0.5) is 0 Å². The summed E-state index contributed by atoms with van der Waals surface area (Å²) in [7, 11) is -3.23. The van der Waals surface area contributed by atoms with Gasteiger partial charge in [0.25, 0.3) is 0 Å². The van der Waals surface area contributed by atoms with Crippen LogP contribution in [0.15, 0.2) is 30.3 Å². The number of hydrogen-bond acceptors (Lipinski definition) is 3. The van der Waals surface area contributed by atoms with E-state index in [0.717, 1.165) is 31.5 Å². The van der Waals surface area contributed by atoms with E-state index in [4.69, 9.17) is 0 Å². The lowest BCUT2D eigenvalue weighted by molar-refractivity contribution is 0.274. The van der Waals surface area contributed by atoms with Gasteiger partial charge in [-0.05, 0) is 24.9 Å². The molecule has 1 heterocycles. The standard InChI is InChI=1S/C14H22N2O2S/c1-2-16(14-9-6-10-15-11-14)19(17,18)12-13-7-4-3-5-8-13/h3-5,7-8,14-15H,2,6,9-12H2,1H3. The van der Waals surface area contributed by atoms with E-state index in [-0.39, 0.29) is 11.8 Å². The Balaban J connectivity index is 2.11. The van der Waals surface area contributed by atoms with Crippen molar-refractivity contribution in [3.8, 4) is 0 Å². The Kier molecular flexibility index (Phi) is 4.96. The normalized spacial score (nSPS) is 20.6. The largest absolute Gasteiger partial charge is 0.315 e. The van der Waals surface area contributed by atoms with Crippen molar-refractivity contribution in [1.29, 1.82) is 0 Å². The van der Waals surface area contributed by atoms with Crippen LogP contribution >= 0.6 is 0 Å². The van der Waals surface area contributed by atoms with E-state index >= 15 is 0 Å². The molecule has 1 fully saturated rings. The Labute approximate surface area is 115 Å². The van der Waals surface area contributed by atoms with Gasteiger partial charge >= 0.3 is 0 Å². The van der Waals surface area contributed by atoms with Crippen molar-refractivity contribution in [3.63, 3.8) is 0 Å². The molecule has 0 aromatic heterocycles. The quantitative estimate of drug-likeness (QED) is 0.892. The fourth-order valence-corrected chi connectivity index (χ4v) is 4.44. The van der Waals surface area contributed by atoms with Crippen molar-refractivity contribution in [1.82, 2.24) is 9.62 Å². The maximum absolute atomic E-state index is 12.5. The topological polar surface area (TPSA) is 49.4 Å². The molecule has 0 bridgehead atoms. The number of rotatable bonds is 5. The van der Waals surface area contributed by atoms with Crippen molar-refractivity contribution >= 4 is 10.0 Å². The zero-order valence-electron chi connectivity index (χ0n) is 11.4. The summed E-state index contributed by atoms with van der Waals surface area (Å²) >= 11 is 0. The Morgan fingerprint density at radius 2 is 2.05 bits per heavy atom. The molecule has 1 unspecified atom stereocenters. The zero-order valence-corrected chi connectivity index (χ0v) is 12.2. The first kappa shape index (κ1) is 14.5. The van der Waals surface area contributed by atoms with Crippen LogP contribution in [0, 0.1) is 0 Å². The first-order valence-electron chi connectivity index (χ1n) is 6.87. The predicted octanol–water partition coefficient (Wildman–Crippen LogP) is 1.59. The second kappa shape index (κ2) is 6.50. The van der Waals surface area contributed by atoms with Crippen LogP contribution < -0.4 is 5.32 Å². The third-order valence-corrected chi connectivity index (χ3v) is 5.51. The highest BCUT2D eigenvalue weighted by molar-refractivity contribution is 7.88. The van der Waals surface area contributed by atoms with Crippen molar-refractivity contribution in [2.75, 3.05) is 19.6 Å². The van der Waals surface area contributed by atoms with Crippen LogP contribution in [0.1, 0.15) is 25.3 Å². The van der Waals surface area contributed by atoms with Crippen LogP contribution in [-0.4, -0.2) is 38.4 Å². The van der Waals surface area contributed by atoms with E-state index in [0.29, 0.717) is 6.54 Å². The highest BCUT2D eigenvalue weighted by Gasteiger charge is 2.29.